The number of carbonyl (C=O) groups is 4. The van der Waals surface area contributed by atoms with Gasteiger partial charge in [-0.3, -0.25) is 19.2 Å². The molecule has 0 fully saturated rings. The van der Waals surface area contributed by atoms with E-state index in [-0.39, 0.29) is 27.8 Å². The molecule has 0 N–H and O–H groups in total. The van der Waals surface area contributed by atoms with Crippen molar-refractivity contribution in [2.45, 2.75) is 0 Å². The van der Waals surface area contributed by atoms with E-state index in [0.717, 1.165) is 0 Å². The van der Waals surface area contributed by atoms with Crippen molar-refractivity contribution in [3.8, 4) is 11.1 Å². The van der Waals surface area contributed by atoms with E-state index >= 15 is 0 Å². The van der Waals surface area contributed by atoms with Gasteiger partial charge in [-0.05, 0) is 87.9 Å². The van der Waals surface area contributed by atoms with Crippen molar-refractivity contribution in [2.24, 2.45) is 0 Å². The van der Waals surface area contributed by atoms with Crippen LogP contribution in [-0.4, -0.2) is 21.0 Å². The molecule has 0 aromatic heterocycles. The number of rotatable bonds is 5. The number of halogens is 4. The summed E-state index contributed by atoms with van der Waals surface area (Å²) < 4.78 is 0. The SMILES string of the molecule is O=C(Cl)c1cc(C(=O)Cl)cc(-c2ccc(C(=O)Cl)cc2C(=O)Cl)c1. The Bertz CT molecular complexity index is 857. The highest BCUT2D eigenvalue weighted by molar-refractivity contribution is 6.70. The molecule has 0 aliphatic carbocycles. The second kappa shape index (κ2) is 7.45. The van der Waals surface area contributed by atoms with E-state index in [1.807, 2.05) is 0 Å². The first kappa shape index (κ1) is 18.6. The van der Waals surface area contributed by atoms with Gasteiger partial charge in [0.2, 0.25) is 0 Å². The molecule has 8 heteroatoms. The number of benzene rings is 2. The third kappa shape index (κ3) is 4.02. The van der Waals surface area contributed by atoms with Gasteiger partial charge < -0.3 is 0 Å². The van der Waals surface area contributed by atoms with Crippen molar-refractivity contribution in [3.63, 3.8) is 0 Å². The first-order valence-corrected chi connectivity index (χ1v) is 7.80. The van der Waals surface area contributed by atoms with Crippen LogP contribution in [-0.2, 0) is 0 Å². The zero-order chi connectivity index (χ0) is 18.0. The van der Waals surface area contributed by atoms with E-state index in [9.17, 15) is 19.2 Å². The maximum atomic E-state index is 11.7. The largest absolute Gasteiger partial charge is 0.276 e. The Labute approximate surface area is 156 Å². The van der Waals surface area contributed by atoms with Gasteiger partial charge in [0.25, 0.3) is 21.0 Å². The lowest BCUT2D eigenvalue weighted by atomic mass is 9.95. The highest BCUT2D eigenvalue weighted by Gasteiger charge is 2.17. The number of carbonyl (C=O) groups excluding carboxylic acids is 4. The summed E-state index contributed by atoms with van der Waals surface area (Å²) in [4.78, 5) is 45.8. The van der Waals surface area contributed by atoms with Crippen LogP contribution in [0.1, 0.15) is 41.4 Å². The van der Waals surface area contributed by atoms with E-state index in [0.29, 0.717) is 5.56 Å². The molecule has 4 nitrogen and oxygen atoms in total. The van der Waals surface area contributed by atoms with Crippen LogP contribution < -0.4 is 0 Å². The summed E-state index contributed by atoms with van der Waals surface area (Å²) in [5.74, 6) is 0. The van der Waals surface area contributed by atoms with Crippen molar-refractivity contribution in [1.82, 2.24) is 0 Å². The van der Waals surface area contributed by atoms with Gasteiger partial charge in [0, 0.05) is 22.3 Å². The van der Waals surface area contributed by atoms with E-state index in [1.165, 1.54) is 36.4 Å². The van der Waals surface area contributed by atoms with Gasteiger partial charge in [-0.2, -0.15) is 0 Å². The number of hydrogen-bond acceptors (Lipinski definition) is 4. The molecule has 0 atom stereocenters. The quantitative estimate of drug-likeness (QED) is 0.667. The predicted molar refractivity (Wildman–Crippen MR) is 92.6 cm³/mol. The Hall–Kier alpha value is -1.72. The van der Waals surface area contributed by atoms with Gasteiger partial charge in [0.15, 0.2) is 0 Å². The van der Waals surface area contributed by atoms with Crippen LogP contribution in [0.25, 0.3) is 11.1 Å². The molecule has 0 saturated carbocycles. The summed E-state index contributed by atoms with van der Waals surface area (Å²) in [7, 11) is 0. The molecular formula is C16H6Cl4O4. The summed E-state index contributed by atoms with van der Waals surface area (Å²) in [6.07, 6.45) is 0. The second-order valence-corrected chi connectivity index (χ2v) is 6.03. The maximum absolute atomic E-state index is 11.7. The molecule has 2 aromatic rings. The van der Waals surface area contributed by atoms with Crippen LogP contribution in [0.4, 0.5) is 0 Å². The molecule has 2 aromatic carbocycles. The third-order valence-corrected chi connectivity index (χ3v) is 4.01. The fourth-order valence-electron chi connectivity index (χ4n) is 2.09. The van der Waals surface area contributed by atoms with E-state index < -0.39 is 21.0 Å². The first-order valence-electron chi connectivity index (χ1n) is 6.29. The predicted octanol–water partition coefficient (Wildman–Crippen LogP) is 4.87. The van der Waals surface area contributed by atoms with Crippen LogP contribution in [0.3, 0.4) is 0 Å². The van der Waals surface area contributed by atoms with Gasteiger partial charge in [0.05, 0.1) is 0 Å². The molecule has 0 amide bonds. The molecule has 0 bridgehead atoms. The highest BCUT2D eigenvalue weighted by Crippen LogP contribution is 2.29. The Balaban J connectivity index is 2.75. The van der Waals surface area contributed by atoms with E-state index in [2.05, 4.69) is 0 Å². The Kier molecular flexibility index (Phi) is 5.78. The van der Waals surface area contributed by atoms with Crippen molar-refractivity contribution in [1.29, 1.82) is 0 Å². The van der Waals surface area contributed by atoms with Gasteiger partial charge >= 0.3 is 0 Å². The molecule has 0 unspecified atom stereocenters. The Morgan fingerprint density at radius 3 is 1.50 bits per heavy atom. The summed E-state index contributed by atoms with van der Waals surface area (Å²) in [5.41, 5.74) is 0.684. The molecule has 0 aliphatic rings. The smallest absolute Gasteiger partial charge is 0.253 e. The highest BCUT2D eigenvalue weighted by atomic mass is 35.5. The molecule has 0 aliphatic heterocycles. The topological polar surface area (TPSA) is 68.3 Å². The fraction of sp³-hybridized carbons (Fsp3) is 0. The van der Waals surface area contributed by atoms with Crippen LogP contribution in [0.5, 0.6) is 0 Å². The zero-order valence-corrected chi connectivity index (χ0v) is 14.6. The normalized spacial score (nSPS) is 10.3. The van der Waals surface area contributed by atoms with Crippen molar-refractivity contribution in [2.75, 3.05) is 0 Å². The van der Waals surface area contributed by atoms with Crippen LogP contribution in [0.2, 0.25) is 0 Å². The number of hydrogen-bond donors (Lipinski definition) is 0. The van der Waals surface area contributed by atoms with Crippen molar-refractivity contribution < 1.29 is 19.2 Å². The maximum Gasteiger partial charge on any atom is 0.253 e. The molecule has 0 radical (unpaired) electrons. The van der Waals surface area contributed by atoms with Crippen LogP contribution in [0.15, 0.2) is 36.4 Å². The van der Waals surface area contributed by atoms with Gasteiger partial charge in [-0.1, -0.05) is 6.07 Å². The van der Waals surface area contributed by atoms with E-state index in [4.69, 9.17) is 46.4 Å². The van der Waals surface area contributed by atoms with Crippen molar-refractivity contribution in [3.05, 3.63) is 58.7 Å². The average molecular weight is 404 g/mol. The molecular weight excluding hydrogens is 398 g/mol. The van der Waals surface area contributed by atoms with Gasteiger partial charge in [-0.15, -0.1) is 0 Å². The lowest BCUT2D eigenvalue weighted by Gasteiger charge is -2.10. The minimum atomic E-state index is -0.842. The average Bonchev–Trinajstić information content (AvgIpc) is 2.53. The summed E-state index contributed by atoms with van der Waals surface area (Å²) in [5, 5.41) is -3.21. The molecule has 122 valence electrons. The molecule has 0 heterocycles. The van der Waals surface area contributed by atoms with Crippen LogP contribution in [0, 0.1) is 0 Å². The second-order valence-electron chi connectivity index (χ2n) is 4.65. The van der Waals surface area contributed by atoms with Gasteiger partial charge in [0.1, 0.15) is 0 Å². The summed E-state index contributed by atoms with van der Waals surface area (Å²) in [6.45, 7) is 0. The Morgan fingerprint density at radius 2 is 1.08 bits per heavy atom. The lowest BCUT2D eigenvalue weighted by Crippen LogP contribution is -2.01. The van der Waals surface area contributed by atoms with Gasteiger partial charge in [-0.25, -0.2) is 0 Å². The fourth-order valence-corrected chi connectivity index (χ4v) is 2.58. The standard InChI is InChI=1S/C16H6Cl4O4/c17-13(21)7-1-2-11(12(6-7)16(20)24)8-3-9(14(18)22)5-10(4-8)15(19)23/h1-6H. The summed E-state index contributed by atoms with van der Waals surface area (Å²) >= 11 is 21.9. The first-order chi connectivity index (χ1) is 11.2. The summed E-state index contributed by atoms with van der Waals surface area (Å²) in [6, 6.07) is 8.00. The molecule has 0 saturated heterocycles. The van der Waals surface area contributed by atoms with Crippen LogP contribution >= 0.6 is 46.4 Å². The molecule has 0 spiro atoms. The van der Waals surface area contributed by atoms with E-state index in [1.54, 1.807) is 0 Å². The molecule has 2 rings (SSSR count). The minimum Gasteiger partial charge on any atom is -0.276 e. The minimum absolute atomic E-state index is 0.0173. The monoisotopic (exact) mass is 402 g/mol. The third-order valence-electron chi connectivity index (χ3n) is 3.16. The van der Waals surface area contributed by atoms with Crippen molar-refractivity contribution >= 4 is 67.4 Å². The lowest BCUT2D eigenvalue weighted by molar-refractivity contribution is 0.106. The zero-order valence-electron chi connectivity index (χ0n) is 11.6. The molecule has 24 heavy (non-hydrogen) atoms. The Morgan fingerprint density at radius 1 is 0.583 bits per heavy atom.